The van der Waals surface area contributed by atoms with E-state index in [0.717, 1.165) is 0 Å². The Morgan fingerprint density at radius 2 is 1.12 bits per heavy atom. The van der Waals surface area contributed by atoms with Crippen LogP contribution in [-0.2, 0) is 37.8 Å². The SMILES string of the molecule is [CaH2].[Co].[LiH].[O]=[Mn](=[O])([OH])[OH]. The zero-order chi connectivity index (χ0) is 4.50. The Bertz CT molecular complexity index is 99.2. The van der Waals surface area contributed by atoms with E-state index in [0.29, 0.717) is 0 Å². The average Bonchev–Trinajstić information content (AvgIpc) is 0.722. The van der Waals surface area contributed by atoms with Crippen molar-refractivity contribution >= 4 is 56.6 Å². The average molecular weight is 230 g/mol. The topological polar surface area (TPSA) is 74.6 Å². The van der Waals surface area contributed by atoms with Gasteiger partial charge in [-0.2, -0.15) is 0 Å². The van der Waals surface area contributed by atoms with Crippen molar-refractivity contribution in [1.82, 2.24) is 0 Å². The minimum atomic E-state index is -5.12. The fraction of sp³-hybridized carbons (Fsp3) is 0. The first kappa shape index (κ1) is 22.4. The van der Waals surface area contributed by atoms with E-state index >= 15 is 0 Å². The summed E-state index contributed by atoms with van der Waals surface area (Å²) >= 11 is -5.12. The molecule has 0 spiro atoms. The molecule has 0 heterocycles. The van der Waals surface area contributed by atoms with Crippen LogP contribution in [0.3, 0.4) is 0 Å². The Morgan fingerprint density at radius 3 is 1.12 bits per heavy atom. The van der Waals surface area contributed by atoms with Crippen LogP contribution in [0.15, 0.2) is 0 Å². The van der Waals surface area contributed by atoms with Gasteiger partial charge in [-0.05, 0) is 0 Å². The summed E-state index contributed by atoms with van der Waals surface area (Å²) in [6.07, 6.45) is 0. The third-order valence-electron chi connectivity index (χ3n) is 0. The number of hydrogen-bond acceptors (Lipinski definition) is 2. The molecule has 4 nitrogen and oxygen atoms in total. The maximum atomic E-state index is 8.80. The van der Waals surface area contributed by atoms with E-state index in [1.54, 1.807) is 0 Å². The first-order valence-corrected chi connectivity index (χ1v) is 2.67. The Balaban J connectivity index is -0.0000000267. The minimum absolute atomic E-state index is 0. The van der Waals surface area contributed by atoms with Crippen molar-refractivity contribution in [2.24, 2.45) is 0 Å². The molecule has 2 N–H and O–H groups in total. The normalized spacial score (nSPS) is 7.25. The summed E-state index contributed by atoms with van der Waals surface area (Å²) in [7, 11) is 0. The molecule has 8 heteroatoms. The maximum absolute atomic E-state index is 8.80. The van der Waals surface area contributed by atoms with Crippen LogP contribution >= 0.6 is 0 Å². The summed E-state index contributed by atoms with van der Waals surface area (Å²) in [5.41, 5.74) is 0. The predicted molar refractivity (Wildman–Crippen MR) is 21.5 cm³/mol. The molecule has 0 aromatic carbocycles. The standard InChI is InChI=1S/Ca.Co.Li.Mn.2H2O.2O.3H/h;;;;2*1H2;;;;;/q;;;+2;;;;;;;/p-2. The molecule has 0 atom stereocenters. The van der Waals surface area contributed by atoms with E-state index in [2.05, 4.69) is 0 Å². The Kier molecular flexibility index (Phi) is 26.4. The summed E-state index contributed by atoms with van der Waals surface area (Å²) < 4.78 is 31.8. The van der Waals surface area contributed by atoms with E-state index in [1.807, 2.05) is 0 Å². The second-order valence-electron chi connectivity index (χ2n) is 0.415. The molecule has 1 radical (unpaired) electrons. The Hall–Kier alpha value is 2.40. The fourth-order valence-electron chi connectivity index (χ4n) is 0. The van der Waals surface area contributed by atoms with Gasteiger partial charge in [0, 0.05) is 16.8 Å². The van der Waals surface area contributed by atoms with E-state index in [4.69, 9.17) is 16.0 Å². The van der Waals surface area contributed by atoms with Crippen molar-refractivity contribution < 1.29 is 46.2 Å². The molecule has 0 saturated heterocycles. The van der Waals surface area contributed by atoms with Gasteiger partial charge in [0.15, 0.2) is 0 Å². The molecule has 0 aromatic rings. The molecule has 0 aliphatic rings. The molecule has 8 heavy (non-hydrogen) atoms. The summed E-state index contributed by atoms with van der Waals surface area (Å²) in [5, 5.41) is 0. The summed E-state index contributed by atoms with van der Waals surface area (Å²) in [6.45, 7) is 0. The number of rotatable bonds is 0. The van der Waals surface area contributed by atoms with Gasteiger partial charge >= 0.3 is 86.0 Å². The van der Waals surface area contributed by atoms with Crippen LogP contribution in [0.2, 0.25) is 0 Å². The van der Waals surface area contributed by atoms with Gasteiger partial charge in [-0.15, -0.1) is 0 Å². The van der Waals surface area contributed by atoms with Gasteiger partial charge in [-0.1, -0.05) is 0 Å². The van der Waals surface area contributed by atoms with Crippen LogP contribution in [0.25, 0.3) is 0 Å². The quantitative estimate of drug-likeness (QED) is 0.437. The second kappa shape index (κ2) is 9.40. The van der Waals surface area contributed by atoms with Crippen molar-refractivity contribution in [2.75, 3.05) is 0 Å². The molecule has 0 aliphatic heterocycles. The molecule has 48 valence electrons. The van der Waals surface area contributed by atoms with Crippen molar-refractivity contribution in [2.45, 2.75) is 0 Å². The summed E-state index contributed by atoms with van der Waals surface area (Å²) in [4.78, 5) is 0. The van der Waals surface area contributed by atoms with Gasteiger partial charge in [0.05, 0.1) is 0 Å². The summed E-state index contributed by atoms with van der Waals surface area (Å²) in [5.74, 6) is 0. The third-order valence-corrected chi connectivity index (χ3v) is 0. The van der Waals surface area contributed by atoms with E-state index < -0.39 is 13.4 Å². The van der Waals surface area contributed by atoms with Gasteiger partial charge < -0.3 is 0 Å². The van der Waals surface area contributed by atoms with Crippen LogP contribution in [-0.4, -0.2) is 65.0 Å². The molecule has 0 amide bonds. The van der Waals surface area contributed by atoms with Gasteiger partial charge in [0.25, 0.3) is 0 Å². The molecule has 0 fully saturated rings. The van der Waals surface area contributed by atoms with Crippen LogP contribution in [0, 0.1) is 0 Å². The molecule has 0 aliphatic carbocycles. The van der Waals surface area contributed by atoms with Crippen LogP contribution < -0.4 is 0 Å². The predicted octanol–water partition coefficient (Wildman–Crippen LogP) is -2.92. The van der Waals surface area contributed by atoms with Crippen molar-refractivity contribution in [1.29, 1.82) is 0 Å². The van der Waals surface area contributed by atoms with E-state index in [9.17, 15) is 0 Å². The molecular formula is H5CaCoLiMnO4. The van der Waals surface area contributed by atoms with Crippen molar-refractivity contribution in [3.05, 3.63) is 0 Å². The van der Waals surface area contributed by atoms with Crippen molar-refractivity contribution in [3.63, 3.8) is 0 Å². The Labute approximate surface area is 101 Å². The van der Waals surface area contributed by atoms with Crippen LogP contribution in [0.5, 0.6) is 0 Å². The molecule has 0 aromatic heterocycles. The first-order valence-electron chi connectivity index (χ1n) is 0.647. The molecule has 0 bridgehead atoms. The van der Waals surface area contributed by atoms with Gasteiger partial charge in [0.2, 0.25) is 0 Å². The van der Waals surface area contributed by atoms with Crippen LogP contribution in [0.4, 0.5) is 0 Å². The van der Waals surface area contributed by atoms with E-state index in [-0.39, 0.29) is 73.4 Å². The zero-order valence-electron chi connectivity index (χ0n) is 2.42. The monoisotopic (exact) mass is 230 g/mol. The Morgan fingerprint density at radius 1 is 1.12 bits per heavy atom. The zero-order valence-corrected chi connectivity index (χ0v) is 4.64. The molecule has 0 rings (SSSR count). The molecular weight excluding hydrogens is 225 g/mol. The summed E-state index contributed by atoms with van der Waals surface area (Å²) in [6, 6.07) is 0. The van der Waals surface area contributed by atoms with Gasteiger partial charge in [0.1, 0.15) is 0 Å². The molecule has 0 saturated carbocycles. The molecule has 0 unspecified atom stereocenters. The first-order chi connectivity index (χ1) is 2.00. The number of hydrogen-bond donors (Lipinski definition) is 2. The second-order valence-corrected chi connectivity index (χ2v) is 1.71. The van der Waals surface area contributed by atoms with Crippen LogP contribution in [0.1, 0.15) is 0 Å². The van der Waals surface area contributed by atoms with Gasteiger partial charge in [-0.25, -0.2) is 0 Å². The van der Waals surface area contributed by atoms with Gasteiger partial charge in [-0.3, -0.25) is 0 Å². The third kappa shape index (κ3) is 79.7. The fourth-order valence-corrected chi connectivity index (χ4v) is 0. The van der Waals surface area contributed by atoms with Crippen molar-refractivity contribution in [3.8, 4) is 0 Å². The van der Waals surface area contributed by atoms with E-state index in [1.165, 1.54) is 0 Å².